The fourth-order valence-electron chi connectivity index (χ4n) is 2.97. The van der Waals surface area contributed by atoms with Crippen molar-refractivity contribution in [3.05, 3.63) is 63.2 Å². The lowest BCUT2D eigenvalue weighted by Gasteiger charge is -2.20. The van der Waals surface area contributed by atoms with Gasteiger partial charge in [0.05, 0.1) is 21.8 Å². The number of aryl methyl sites for hydroxylation is 3. The average Bonchev–Trinajstić information content (AvgIpc) is 2.64. The number of nitrogens with zero attached hydrogens (tertiary/aromatic N) is 1. The summed E-state index contributed by atoms with van der Waals surface area (Å²) in [6.07, 6.45) is 0. The topological polar surface area (TPSA) is 37.4 Å². The Kier molecular flexibility index (Phi) is 3.10. The quantitative estimate of drug-likeness (QED) is 0.745. The average molecular weight is 300 g/mol. The molecule has 1 aliphatic rings. The van der Waals surface area contributed by atoms with E-state index in [-0.39, 0.29) is 11.8 Å². The van der Waals surface area contributed by atoms with Crippen LogP contribution >= 0.6 is 11.6 Å². The number of hydrogen-bond acceptors (Lipinski definition) is 2. The number of anilines is 1. The van der Waals surface area contributed by atoms with Crippen molar-refractivity contribution in [1.82, 2.24) is 0 Å². The number of carbonyl (C=O) groups excluding carboxylic acids is 2. The molecular weight excluding hydrogens is 286 g/mol. The summed E-state index contributed by atoms with van der Waals surface area (Å²) in [5.41, 5.74) is 4.22. The largest absolute Gasteiger partial charge is 0.268 e. The van der Waals surface area contributed by atoms with Gasteiger partial charge in [0.15, 0.2) is 0 Å². The summed E-state index contributed by atoms with van der Waals surface area (Å²) in [4.78, 5) is 26.5. The molecule has 0 unspecified atom stereocenters. The summed E-state index contributed by atoms with van der Waals surface area (Å²) < 4.78 is 0. The molecule has 106 valence electrons. The molecule has 4 heteroatoms. The molecule has 0 atom stereocenters. The van der Waals surface area contributed by atoms with Crippen LogP contribution in [0.25, 0.3) is 0 Å². The Morgan fingerprint density at radius 3 is 2.14 bits per heavy atom. The number of halogens is 1. The fraction of sp³-hybridized carbons (Fsp3) is 0.176. The Labute approximate surface area is 128 Å². The first-order valence-electron chi connectivity index (χ1n) is 6.67. The van der Waals surface area contributed by atoms with Gasteiger partial charge in [-0.3, -0.25) is 9.59 Å². The molecule has 1 aliphatic heterocycles. The first-order chi connectivity index (χ1) is 9.91. The lowest BCUT2D eigenvalue weighted by atomic mass is 10.0. The molecule has 0 aliphatic carbocycles. The number of rotatable bonds is 1. The zero-order chi connectivity index (χ0) is 15.3. The van der Waals surface area contributed by atoms with Crippen LogP contribution in [0.3, 0.4) is 0 Å². The van der Waals surface area contributed by atoms with Crippen LogP contribution in [0.4, 0.5) is 5.69 Å². The Morgan fingerprint density at radius 1 is 0.952 bits per heavy atom. The van der Waals surface area contributed by atoms with Crippen LogP contribution in [0.1, 0.15) is 37.4 Å². The van der Waals surface area contributed by atoms with Gasteiger partial charge in [-0.15, -0.1) is 0 Å². The first-order valence-corrected chi connectivity index (χ1v) is 7.04. The van der Waals surface area contributed by atoms with Crippen molar-refractivity contribution in [1.29, 1.82) is 0 Å². The van der Waals surface area contributed by atoms with Crippen molar-refractivity contribution < 1.29 is 9.59 Å². The van der Waals surface area contributed by atoms with Gasteiger partial charge in [0.2, 0.25) is 0 Å². The molecular formula is C17H14ClNO2. The Morgan fingerprint density at radius 2 is 1.57 bits per heavy atom. The summed E-state index contributed by atoms with van der Waals surface area (Å²) in [5, 5.41) is 0.316. The van der Waals surface area contributed by atoms with Gasteiger partial charge in [-0.05, 0) is 44.0 Å². The molecule has 2 aromatic rings. The Balaban J connectivity index is 2.22. The van der Waals surface area contributed by atoms with Crippen molar-refractivity contribution in [2.75, 3.05) is 4.90 Å². The van der Waals surface area contributed by atoms with E-state index in [1.54, 1.807) is 18.2 Å². The molecule has 0 saturated heterocycles. The fourth-order valence-corrected chi connectivity index (χ4v) is 3.23. The second-order valence-electron chi connectivity index (χ2n) is 5.36. The van der Waals surface area contributed by atoms with Crippen molar-refractivity contribution in [2.45, 2.75) is 20.8 Å². The van der Waals surface area contributed by atoms with E-state index in [0.717, 1.165) is 16.7 Å². The summed E-state index contributed by atoms with van der Waals surface area (Å²) >= 11 is 6.09. The number of fused-ring (bicyclic) bond motifs is 1. The highest BCUT2D eigenvalue weighted by molar-refractivity contribution is 6.42. The van der Waals surface area contributed by atoms with Gasteiger partial charge in [-0.1, -0.05) is 35.4 Å². The SMILES string of the molecule is Cc1cc(C)c(N2C(=O)c3cccc(Cl)c3C2=O)c(C)c1. The predicted octanol–water partition coefficient (Wildman–Crippen LogP) is 4.07. The van der Waals surface area contributed by atoms with Crippen LogP contribution in [0, 0.1) is 20.8 Å². The molecule has 0 saturated carbocycles. The minimum Gasteiger partial charge on any atom is -0.268 e. The highest BCUT2D eigenvalue weighted by atomic mass is 35.5. The van der Waals surface area contributed by atoms with E-state index in [1.807, 2.05) is 32.9 Å². The van der Waals surface area contributed by atoms with Gasteiger partial charge >= 0.3 is 0 Å². The summed E-state index contributed by atoms with van der Waals surface area (Å²) in [5.74, 6) is -0.664. The van der Waals surface area contributed by atoms with Gasteiger partial charge in [-0.25, -0.2) is 4.90 Å². The highest BCUT2D eigenvalue weighted by Crippen LogP contribution is 2.36. The van der Waals surface area contributed by atoms with E-state index in [0.29, 0.717) is 21.8 Å². The third kappa shape index (κ3) is 1.96. The summed E-state index contributed by atoms with van der Waals surface area (Å²) in [6, 6.07) is 8.88. The van der Waals surface area contributed by atoms with E-state index in [2.05, 4.69) is 0 Å². The van der Waals surface area contributed by atoms with Crippen molar-refractivity contribution in [3.8, 4) is 0 Å². The van der Waals surface area contributed by atoms with Crippen LogP contribution in [-0.2, 0) is 0 Å². The molecule has 3 nitrogen and oxygen atoms in total. The van der Waals surface area contributed by atoms with Gasteiger partial charge in [0, 0.05) is 0 Å². The van der Waals surface area contributed by atoms with Crippen LogP contribution < -0.4 is 4.90 Å². The maximum absolute atomic E-state index is 12.6. The van der Waals surface area contributed by atoms with E-state index < -0.39 is 0 Å². The zero-order valence-corrected chi connectivity index (χ0v) is 12.8. The van der Waals surface area contributed by atoms with Crippen LogP contribution in [0.15, 0.2) is 30.3 Å². The third-order valence-electron chi connectivity index (χ3n) is 3.72. The molecule has 2 aromatic carbocycles. The van der Waals surface area contributed by atoms with Crippen molar-refractivity contribution >= 4 is 29.1 Å². The highest BCUT2D eigenvalue weighted by Gasteiger charge is 2.39. The molecule has 1 heterocycles. The number of carbonyl (C=O) groups is 2. The van der Waals surface area contributed by atoms with Gasteiger partial charge in [0.1, 0.15) is 0 Å². The van der Waals surface area contributed by atoms with Crippen LogP contribution in [0.2, 0.25) is 5.02 Å². The smallest absolute Gasteiger partial charge is 0.267 e. The lowest BCUT2D eigenvalue weighted by molar-refractivity contribution is 0.0925. The minimum atomic E-state index is -0.351. The second kappa shape index (κ2) is 4.71. The van der Waals surface area contributed by atoms with Crippen LogP contribution in [-0.4, -0.2) is 11.8 Å². The molecule has 0 bridgehead atoms. The number of imide groups is 1. The van der Waals surface area contributed by atoms with E-state index in [4.69, 9.17) is 11.6 Å². The third-order valence-corrected chi connectivity index (χ3v) is 4.04. The Bertz CT molecular complexity index is 772. The molecule has 0 radical (unpaired) electrons. The molecule has 0 N–H and O–H groups in total. The molecule has 0 aromatic heterocycles. The van der Waals surface area contributed by atoms with Gasteiger partial charge < -0.3 is 0 Å². The molecule has 3 rings (SSSR count). The number of benzene rings is 2. The summed E-state index contributed by atoms with van der Waals surface area (Å²) in [7, 11) is 0. The number of hydrogen-bond donors (Lipinski definition) is 0. The predicted molar refractivity (Wildman–Crippen MR) is 83.2 cm³/mol. The Hall–Kier alpha value is -2.13. The van der Waals surface area contributed by atoms with Gasteiger partial charge in [0.25, 0.3) is 11.8 Å². The zero-order valence-electron chi connectivity index (χ0n) is 12.0. The van der Waals surface area contributed by atoms with Crippen molar-refractivity contribution in [2.24, 2.45) is 0 Å². The van der Waals surface area contributed by atoms with Crippen LogP contribution in [0.5, 0.6) is 0 Å². The molecule has 21 heavy (non-hydrogen) atoms. The monoisotopic (exact) mass is 299 g/mol. The maximum atomic E-state index is 12.6. The molecule has 2 amide bonds. The normalized spacial score (nSPS) is 13.8. The molecule has 0 fully saturated rings. The van der Waals surface area contributed by atoms with E-state index in [1.165, 1.54) is 4.90 Å². The van der Waals surface area contributed by atoms with Crippen molar-refractivity contribution in [3.63, 3.8) is 0 Å². The molecule has 0 spiro atoms. The number of amides is 2. The van der Waals surface area contributed by atoms with Gasteiger partial charge in [-0.2, -0.15) is 0 Å². The maximum Gasteiger partial charge on any atom is 0.267 e. The van der Waals surface area contributed by atoms with E-state index >= 15 is 0 Å². The standard InChI is InChI=1S/C17H14ClNO2/c1-9-7-10(2)15(11(3)8-9)19-16(20)12-5-4-6-13(18)14(12)17(19)21/h4-8H,1-3H3. The lowest BCUT2D eigenvalue weighted by Crippen LogP contribution is -2.30. The first kappa shape index (κ1) is 13.8. The second-order valence-corrected chi connectivity index (χ2v) is 5.76. The van der Waals surface area contributed by atoms with E-state index in [9.17, 15) is 9.59 Å². The summed E-state index contributed by atoms with van der Waals surface area (Å²) in [6.45, 7) is 5.80. The minimum absolute atomic E-state index is 0.295.